The number of carbonyl (C=O) groups excluding carboxylic acids is 1. The number of fused-ring (bicyclic) bond motifs is 2. The molecule has 2 atom stereocenters. The molecule has 0 spiro atoms. The van der Waals surface area contributed by atoms with Crippen molar-refractivity contribution >= 4 is 17.5 Å². The second-order valence-electron chi connectivity index (χ2n) is 5.93. The Balaban J connectivity index is 1.80. The van der Waals surface area contributed by atoms with Gasteiger partial charge in [-0.25, -0.2) is 0 Å². The number of ketones is 1. The Hall–Kier alpha value is -0.830. The predicted octanol–water partition coefficient (Wildman–Crippen LogP) is 3.95. The molecule has 0 N–H and O–H groups in total. The third-order valence-corrected chi connectivity index (χ3v) is 6.02. The molecule has 0 amide bonds. The lowest BCUT2D eigenvalue weighted by Gasteiger charge is -2.38. The molecule has 1 aromatic rings. The lowest BCUT2D eigenvalue weighted by Crippen LogP contribution is -2.33. The SMILES string of the molecule is Cc1ccc(C(=O)C2CC3CCCC(C2)S3)c(C)n1. The van der Waals surface area contributed by atoms with Crippen molar-refractivity contribution < 1.29 is 4.79 Å². The molecule has 2 nitrogen and oxygen atoms in total. The van der Waals surface area contributed by atoms with E-state index in [1.54, 1.807) is 0 Å². The van der Waals surface area contributed by atoms with Crippen LogP contribution in [-0.2, 0) is 0 Å². The van der Waals surface area contributed by atoms with E-state index in [-0.39, 0.29) is 5.92 Å². The Labute approximate surface area is 119 Å². The van der Waals surface area contributed by atoms with Crippen molar-refractivity contribution in [2.24, 2.45) is 5.92 Å². The lowest BCUT2D eigenvalue weighted by atomic mass is 9.84. The van der Waals surface area contributed by atoms with Gasteiger partial charge in [0.1, 0.15) is 0 Å². The second kappa shape index (κ2) is 5.28. The van der Waals surface area contributed by atoms with E-state index in [4.69, 9.17) is 0 Å². The maximum absolute atomic E-state index is 12.7. The highest BCUT2D eigenvalue weighted by Gasteiger charge is 2.36. The van der Waals surface area contributed by atoms with Crippen LogP contribution >= 0.6 is 11.8 Å². The number of hydrogen-bond donors (Lipinski definition) is 0. The Morgan fingerprint density at radius 2 is 1.89 bits per heavy atom. The standard InChI is InChI=1S/C16H21NOS/c1-10-6-7-15(11(2)17-10)16(18)12-8-13-4-3-5-14(9-12)19-13/h6-7,12-14H,3-5,8-9H2,1-2H3. The molecule has 0 aliphatic carbocycles. The normalized spacial score (nSPS) is 30.1. The smallest absolute Gasteiger partial charge is 0.167 e. The van der Waals surface area contributed by atoms with Crippen LogP contribution in [0, 0.1) is 19.8 Å². The Morgan fingerprint density at radius 3 is 2.53 bits per heavy atom. The van der Waals surface area contributed by atoms with Crippen molar-refractivity contribution in [3.63, 3.8) is 0 Å². The van der Waals surface area contributed by atoms with E-state index in [1.165, 1.54) is 19.3 Å². The molecule has 2 bridgehead atoms. The molecule has 2 saturated heterocycles. The first-order valence-electron chi connectivity index (χ1n) is 7.27. The van der Waals surface area contributed by atoms with Gasteiger partial charge in [-0.1, -0.05) is 6.42 Å². The number of nitrogens with zero attached hydrogens (tertiary/aromatic N) is 1. The van der Waals surface area contributed by atoms with Gasteiger partial charge in [0.2, 0.25) is 0 Å². The van der Waals surface area contributed by atoms with Crippen LogP contribution in [0.4, 0.5) is 0 Å². The number of thioether (sulfide) groups is 1. The Kier molecular flexibility index (Phi) is 3.66. The van der Waals surface area contributed by atoms with Gasteiger partial charge in [-0.3, -0.25) is 9.78 Å². The van der Waals surface area contributed by atoms with E-state index in [2.05, 4.69) is 16.7 Å². The van der Waals surface area contributed by atoms with Crippen molar-refractivity contribution in [1.82, 2.24) is 4.98 Å². The molecule has 2 unspecified atom stereocenters. The van der Waals surface area contributed by atoms with E-state index >= 15 is 0 Å². The van der Waals surface area contributed by atoms with Gasteiger partial charge in [-0.05, 0) is 51.7 Å². The summed E-state index contributed by atoms with van der Waals surface area (Å²) in [7, 11) is 0. The number of rotatable bonds is 2. The van der Waals surface area contributed by atoms with Crippen molar-refractivity contribution in [3.8, 4) is 0 Å². The summed E-state index contributed by atoms with van der Waals surface area (Å²) >= 11 is 2.13. The summed E-state index contributed by atoms with van der Waals surface area (Å²) in [5.74, 6) is 0.571. The third kappa shape index (κ3) is 2.71. The molecule has 3 heteroatoms. The van der Waals surface area contributed by atoms with Gasteiger partial charge < -0.3 is 0 Å². The summed E-state index contributed by atoms with van der Waals surface area (Å²) in [5.41, 5.74) is 2.74. The summed E-state index contributed by atoms with van der Waals surface area (Å²) in [5, 5.41) is 1.44. The summed E-state index contributed by atoms with van der Waals surface area (Å²) in [4.78, 5) is 17.1. The van der Waals surface area contributed by atoms with Crippen molar-refractivity contribution in [1.29, 1.82) is 0 Å². The molecule has 2 fully saturated rings. The lowest BCUT2D eigenvalue weighted by molar-refractivity contribution is 0.0895. The van der Waals surface area contributed by atoms with E-state index < -0.39 is 0 Å². The zero-order valence-electron chi connectivity index (χ0n) is 11.7. The number of aryl methyl sites for hydroxylation is 2. The van der Waals surface area contributed by atoms with Crippen molar-refractivity contribution in [2.45, 2.75) is 56.5 Å². The second-order valence-corrected chi connectivity index (χ2v) is 7.53. The highest BCUT2D eigenvalue weighted by molar-refractivity contribution is 8.00. The zero-order valence-corrected chi connectivity index (χ0v) is 12.5. The van der Waals surface area contributed by atoms with Gasteiger partial charge in [0.05, 0.1) is 0 Å². The van der Waals surface area contributed by atoms with Crippen molar-refractivity contribution in [2.75, 3.05) is 0 Å². The van der Waals surface area contributed by atoms with Crippen LogP contribution in [0.3, 0.4) is 0 Å². The summed E-state index contributed by atoms with van der Waals surface area (Å²) < 4.78 is 0. The van der Waals surface area contributed by atoms with Crippen LogP contribution in [0.5, 0.6) is 0 Å². The van der Waals surface area contributed by atoms with Crippen LogP contribution in [-0.4, -0.2) is 21.3 Å². The van der Waals surface area contributed by atoms with Gasteiger partial charge in [0.25, 0.3) is 0 Å². The van der Waals surface area contributed by atoms with E-state index in [1.807, 2.05) is 26.0 Å². The average Bonchev–Trinajstić information content (AvgIpc) is 2.37. The van der Waals surface area contributed by atoms with Gasteiger partial charge in [0.15, 0.2) is 5.78 Å². The fourth-order valence-electron chi connectivity index (χ4n) is 3.44. The van der Waals surface area contributed by atoms with Gasteiger partial charge in [-0.15, -0.1) is 0 Å². The average molecular weight is 275 g/mol. The monoisotopic (exact) mass is 275 g/mol. The van der Waals surface area contributed by atoms with Crippen LogP contribution in [0.15, 0.2) is 12.1 Å². The molecule has 2 aliphatic rings. The number of aromatic nitrogens is 1. The maximum Gasteiger partial charge on any atom is 0.167 e. The molecule has 1 aromatic heterocycles. The number of Topliss-reactive ketones (excluding diaryl/α,β-unsaturated/α-hetero) is 1. The van der Waals surface area contributed by atoms with Crippen LogP contribution < -0.4 is 0 Å². The predicted molar refractivity (Wildman–Crippen MR) is 79.8 cm³/mol. The molecule has 3 heterocycles. The minimum absolute atomic E-state index is 0.236. The maximum atomic E-state index is 12.7. The van der Waals surface area contributed by atoms with Gasteiger partial charge in [0, 0.05) is 33.4 Å². The van der Waals surface area contributed by atoms with Gasteiger partial charge in [-0.2, -0.15) is 11.8 Å². The van der Waals surface area contributed by atoms with E-state index in [0.717, 1.165) is 40.3 Å². The summed E-state index contributed by atoms with van der Waals surface area (Å²) in [6.45, 7) is 3.93. The molecule has 3 rings (SSSR count). The topological polar surface area (TPSA) is 30.0 Å². The van der Waals surface area contributed by atoms with Crippen LogP contribution in [0.25, 0.3) is 0 Å². The highest BCUT2D eigenvalue weighted by atomic mass is 32.2. The number of pyridine rings is 1. The fraction of sp³-hybridized carbons (Fsp3) is 0.625. The minimum Gasteiger partial charge on any atom is -0.294 e. The molecular weight excluding hydrogens is 254 g/mol. The van der Waals surface area contributed by atoms with E-state index in [0.29, 0.717) is 5.78 Å². The van der Waals surface area contributed by atoms with Crippen LogP contribution in [0.2, 0.25) is 0 Å². The zero-order chi connectivity index (χ0) is 13.4. The van der Waals surface area contributed by atoms with Crippen LogP contribution in [0.1, 0.15) is 53.8 Å². The summed E-state index contributed by atoms with van der Waals surface area (Å²) in [6, 6.07) is 3.93. The number of hydrogen-bond acceptors (Lipinski definition) is 3. The molecule has 0 saturated carbocycles. The first-order valence-corrected chi connectivity index (χ1v) is 8.21. The summed E-state index contributed by atoms with van der Waals surface area (Å²) in [6.07, 6.45) is 6.11. The van der Waals surface area contributed by atoms with Gasteiger partial charge >= 0.3 is 0 Å². The first kappa shape index (κ1) is 13.2. The largest absolute Gasteiger partial charge is 0.294 e. The molecular formula is C16H21NOS. The number of carbonyl (C=O) groups is 1. The fourth-order valence-corrected chi connectivity index (χ4v) is 5.28. The van der Waals surface area contributed by atoms with E-state index in [9.17, 15) is 4.79 Å². The molecule has 19 heavy (non-hydrogen) atoms. The Bertz CT molecular complexity index is 488. The quantitative estimate of drug-likeness (QED) is 0.766. The molecule has 0 aromatic carbocycles. The molecule has 2 aliphatic heterocycles. The minimum atomic E-state index is 0.236. The first-order chi connectivity index (χ1) is 9.13. The van der Waals surface area contributed by atoms with Crippen molar-refractivity contribution in [3.05, 3.63) is 29.1 Å². The third-order valence-electron chi connectivity index (χ3n) is 4.39. The molecule has 0 radical (unpaired) electrons. The highest BCUT2D eigenvalue weighted by Crippen LogP contribution is 2.44. The molecule has 102 valence electrons. The Morgan fingerprint density at radius 1 is 1.21 bits per heavy atom.